The molecule has 6 heteroatoms. The van der Waals surface area contributed by atoms with E-state index < -0.39 is 11.8 Å². The molecule has 0 bridgehead atoms. The minimum atomic E-state index is -4.52. The van der Waals surface area contributed by atoms with Gasteiger partial charge in [-0.3, -0.25) is 4.79 Å². The molecule has 4 aliphatic rings. The first-order valence-corrected chi connectivity index (χ1v) is 11.9. The minimum Gasteiger partial charge on any atom is -0.380 e. The van der Waals surface area contributed by atoms with Gasteiger partial charge in [0.25, 0.3) is 0 Å². The SMILES string of the molecule is C[C@@H](Br)C(=O)[C@H]1CC[C@H]2[C@@H]3CC[C@@H]4C[C@@](O)(C(F)(F)F)CC[C@@H]4[C@H]3CC[C@]12C. The number of alkyl halides is 4. The maximum absolute atomic E-state index is 13.3. The van der Waals surface area contributed by atoms with Crippen LogP contribution in [-0.2, 0) is 4.79 Å². The highest BCUT2D eigenvalue weighted by molar-refractivity contribution is 9.10. The van der Waals surface area contributed by atoms with Gasteiger partial charge < -0.3 is 5.11 Å². The van der Waals surface area contributed by atoms with Crippen molar-refractivity contribution in [2.45, 2.75) is 88.2 Å². The Morgan fingerprint density at radius 2 is 1.71 bits per heavy atom. The maximum Gasteiger partial charge on any atom is 0.417 e. The van der Waals surface area contributed by atoms with E-state index in [1.165, 1.54) is 0 Å². The fourth-order valence-electron chi connectivity index (χ4n) is 7.88. The van der Waals surface area contributed by atoms with E-state index >= 15 is 0 Å². The normalized spacial score (nSPS) is 49.7. The number of Topliss-reactive ketones (excluding diaryl/α,β-unsaturated/α-hetero) is 1. The van der Waals surface area contributed by atoms with E-state index in [0.717, 1.165) is 38.5 Å². The number of carbonyl (C=O) groups excluding carboxylic acids is 1. The molecular weight excluding hydrogens is 433 g/mol. The van der Waals surface area contributed by atoms with Crippen molar-refractivity contribution in [2.75, 3.05) is 0 Å². The van der Waals surface area contributed by atoms with E-state index in [2.05, 4.69) is 22.9 Å². The van der Waals surface area contributed by atoms with Crippen molar-refractivity contribution in [1.29, 1.82) is 0 Å². The Labute approximate surface area is 174 Å². The van der Waals surface area contributed by atoms with Crippen LogP contribution in [0.2, 0.25) is 0 Å². The Morgan fingerprint density at radius 3 is 2.36 bits per heavy atom. The number of carbonyl (C=O) groups is 1. The van der Waals surface area contributed by atoms with Gasteiger partial charge in [0.1, 0.15) is 5.78 Å². The van der Waals surface area contributed by atoms with E-state index in [4.69, 9.17) is 0 Å². The standard InChI is InChI=1S/C22H32BrF3O2/c1-12(23)19(27)18-6-5-17-16-4-3-13-11-21(28,22(24,25)26)10-8-14(13)15(16)7-9-20(17,18)2/h12-18,28H,3-11H2,1-2H3/t12-,13-,14+,15-,16-,17+,18-,20+,21-/m1/s1. The molecule has 0 radical (unpaired) electrons. The first kappa shape index (κ1) is 21.1. The zero-order valence-corrected chi connectivity index (χ0v) is 18.4. The van der Waals surface area contributed by atoms with E-state index in [-0.39, 0.29) is 34.9 Å². The molecule has 0 saturated heterocycles. The second kappa shape index (κ2) is 6.96. The molecule has 0 aromatic rings. The zero-order valence-electron chi connectivity index (χ0n) is 16.8. The van der Waals surface area contributed by atoms with Crippen molar-refractivity contribution in [3.8, 4) is 0 Å². The van der Waals surface area contributed by atoms with Crippen LogP contribution < -0.4 is 0 Å². The summed E-state index contributed by atoms with van der Waals surface area (Å²) >= 11 is 3.47. The van der Waals surface area contributed by atoms with Crippen LogP contribution in [0.5, 0.6) is 0 Å². The van der Waals surface area contributed by atoms with Gasteiger partial charge in [0.15, 0.2) is 5.60 Å². The highest BCUT2D eigenvalue weighted by atomic mass is 79.9. The zero-order chi connectivity index (χ0) is 20.5. The molecule has 4 rings (SSSR count). The van der Waals surface area contributed by atoms with E-state index in [0.29, 0.717) is 35.9 Å². The number of ketones is 1. The second-order valence-corrected chi connectivity index (χ2v) is 11.8. The van der Waals surface area contributed by atoms with Gasteiger partial charge in [0.2, 0.25) is 0 Å². The molecule has 1 N–H and O–H groups in total. The van der Waals surface area contributed by atoms with Gasteiger partial charge in [-0.1, -0.05) is 22.9 Å². The van der Waals surface area contributed by atoms with Gasteiger partial charge in [0, 0.05) is 5.92 Å². The number of hydrogen-bond acceptors (Lipinski definition) is 2. The van der Waals surface area contributed by atoms with Gasteiger partial charge >= 0.3 is 6.18 Å². The Hall–Kier alpha value is -0.100. The summed E-state index contributed by atoms with van der Waals surface area (Å²) < 4.78 is 40.0. The highest BCUT2D eigenvalue weighted by Gasteiger charge is 2.62. The van der Waals surface area contributed by atoms with Crippen molar-refractivity contribution in [3.63, 3.8) is 0 Å². The summed E-state index contributed by atoms with van der Waals surface area (Å²) in [6.45, 7) is 4.22. The Kier molecular flexibility index (Phi) is 5.26. The van der Waals surface area contributed by atoms with E-state index in [9.17, 15) is 23.1 Å². The molecule has 9 atom stereocenters. The highest BCUT2D eigenvalue weighted by Crippen LogP contribution is 2.65. The molecule has 2 nitrogen and oxygen atoms in total. The third-order valence-electron chi connectivity index (χ3n) is 9.27. The van der Waals surface area contributed by atoms with Gasteiger partial charge in [-0.25, -0.2) is 0 Å². The first-order valence-electron chi connectivity index (χ1n) is 10.9. The molecule has 4 aliphatic carbocycles. The van der Waals surface area contributed by atoms with Crippen LogP contribution in [0.1, 0.15) is 71.6 Å². The average Bonchev–Trinajstić information content (AvgIpc) is 2.96. The lowest BCUT2D eigenvalue weighted by molar-refractivity contribution is -0.282. The van der Waals surface area contributed by atoms with Crippen LogP contribution in [-0.4, -0.2) is 27.5 Å². The van der Waals surface area contributed by atoms with Crippen molar-refractivity contribution in [1.82, 2.24) is 0 Å². The number of hydrogen-bond donors (Lipinski definition) is 1. The van der Waals surface area contributed by atoms with Crippen molar-refractivity contribution in [3.05, 3.63) is 0 Å². The summed E-state index contributed by atoms with van der Waals surface area (Å²) in [6.07, 6.45) is 1.55. The van der Waals surface area contributed by atoms with Crippen LogP contribution in [0.3, 0.4) is 0 Å². The van der Waals surface area contributed by atoms with Crippen molar-refractivity contribution < 1.29 is 23.1 Å². The average molecular weight is 465 g/mol. The summed E-state index contributed by atoms with van der Waals surface area (Å²) in [6, 6.07) is 0. The molecule has 0 heterocycles. The van der Waals surface area contributed by atoms with Crippen molar-refractivity contribution in [2.24, 2.45) is 40.9 Å². The molecule has 4 fully saturated rings. The molecule has 0 aliphatic heterocycles. The van der Waals surface area contributed by atoms with Crippen molar-refractivity contribution >= 4 is 21.7 Å². The molecule has 0 spiro atoms. The number of fused-ring (bicyclic) bond motifs is 5. The molecule has 0 aromatic carbocycles. The topological polar surface area (TPSA) is 37.3 Å². The third-order valence-corrected chi connectivity index (χ3v) is 9.72. The summed E-state index contributed by atoms with van der Waals surface area (Å²) in [5.74, 6) is 2.29. The lowest BCUT2D eigenvalue weighted by Crippen LogP contribution is -2.55. The van der Waals surface area contributed by atoms with E-state index in [1.54, 1.807) is 0 Å². The summed E-state index contributed by atoms with van der Waals surface area (Å²) in [7, 11) is 0. The first-order chi connectivity index (χ1) is 13.0. The largest absolute Gasteiger partial charge is 0.417 e. The van der Waals surface area contributed by atoms with Crippen LogP contribution in [0.15, 0.2) is 0 Å². The lowest BCUT2D eigenvalue weighted by atomic mass is 9.48. The quantitative estimate of drug-likeness (QED) is 0.516. The smallest absolute Gasteiger partial charge is 0.380 e. The third kappa shape index (κ3) is 3.11. The minimum absolute atomic E-state index is 0.00706. The summed E-state index contributed by atoms with van der Waals surface area (Å²) in [5.41, 5.74) is -2.43. The van der Waals surface area contributed by atoms with Gasteiger partial charge in [0.05, 0.1) is 4.83 Å². The van der Waals surface area contributed by atoms with Crippen LogP contribution in [0.25, 0.3) is 0 Å². The molecule has 0 aromatic heterocycles. The molecule has 0 unspecified atom stereocenters. The maximum atomic E-state index is 13.3. The monoisotopic (exact) mass is 464 g/mol. The Morgan fingerprint density at radius 1 is 1.04 bits per heavy atom. The predicted octanol–water partition coefficient (Wildman–Crippen LogP) is 5.90. The molecular formula is C22H32BrF3O2. The molecule has 4 saturated carbocycles. The Bertz CT molecular complexity index is 636. The second-order valence-electron chi connectivity index (χ2n) is 10.4. The van der Waals surface area contributed by atoms with Crippen LogP contribution >= 0.6 is 15.9 Å². The summed E-state index contributed by atoms with van der Waals surface area (Å²) in [4.78, 5) is 12.7. The molecule has 28 heavy (non-hydrogen) atoms. The lowest BCUT2D eigenvalue weighted by Gasteiger charge is -2.57. The van der Waals surface area contributed by atoms with Gasteiger partial charge in [-0.2, -0.15) is 13.2 Å². The Balaban J connectivity index is 1.52. The number of rotatable bonds is 2. The fraction of sp³-hybridized carbons (Fsp3) is 0.955. The van der Waals surface area contributed by atoms with Gasteiger partial charge in [-0.15, -0.1) is 0 Å². The van der Waals surface area contributed by atoms with Crippen LogP contribution in [0.4, 0.5) is 13.2 Å². The van der Waals surface area contributed by atoms with Gasteiger partial charge in [-0.05, 0) is 99.7 Å². The fourth-order valence-corrected chi connectivity index (χ4v) is 8.20. The van der Waals surface area contributed by atoms with E-state index in [1.807, 2.05) is 6.92 Å². The number of halogens is 4. The molecule has 160 valence electrons. The summed E-state index contributed by atoms with van der Waals surface area (Å²) in [5, 5.41) is 10.2. The van der Waals surface area contributed by atoms with Crippen LogP contribution in [0, 0.1) is 40.9 Å². The number of aliphatic hydroxyl groups is 1. The predicted molar refractivity (Wildman–Crippen MR) is 105 cm³/mol. The molecule has 0 amide bonds.